The number of hydrogen-bond donors (Lipinski definition) is 2. The number of carbonyl (C=O) groups is 2. The van der Waals surface area contributed by atoms with Crippen LogP contribution >= 0.6 is 7.82 Å². The number of hydrogen-bond acceptors (Lipinski definition) is 8. The van der Waals surface area contributed by atoms with Crippen molar-refractivity contribution in [3.63, 3.8) is 0 Å². The lowest BCUT2D eigenvalue weighted by atomic mass is 10.0. The standard InChI is InChI=1S/C46H84NO8P/c1-3-5-7-9-11-13-15-17-19-20-21-22-23-25-27-29-31-33-35-37-39-46(49)55-44(43-54-56(50,51)53-41-40-47)42-52-45(48)38-36-34-32-30-28-26-24-18-16-14-12-10-8-6-4-2/h6,8,12,14,18,24,28,30,44H,3-5,7,9-11,13,15-17,19-23,25-27,29,31-43,47H2,1-2H3,(H,50,51)/b8-6+,14-12+,24-18+,30-28+/t44-/m1/s1. The van der Waals surface area contributed by atoms with Crippen LogP contribution in [0.1, 0.15) is 200 Å². The van der Waals surface area contributed by atoms with Gasteiger partial charge in [0.2, 0.25) is 0 Å². The van der Waals surface area contributed by atoms with Crippen molar-refractivity contribution in [1.82, 2.24) is 0 Å². The molecule has 1 unspecified atom stereocenters. The number of nitrogens with two attached hydrogens (primary N) is 1. The Morgan fingerprint density at radius 3 is 1.46 bits per heavy atom. The minimum Gasteiger partial charge on any atom is -0.462 e. The number of carbonyl (C=O) groups excluding carboxylic acids is 2. The Hall–Kier alpha value is -2.03. The summed E-state index contributed by atoms with van der Waals surface area (Å²) in [6.07, 6.45) is 48.6. The third-order valence-corrected chi connectivity index (χ3v) is 10.5. The van der Waals surface area contributed by atoms with Crippen LogP contribution in [0.25, 0.3) is 0 Å². The number of allylic oxidation sites excluding steroid dienone is 8. The lowest BCUT2D eigenvalue weighted by molar-refractivity contribution is -0.161. The van der Waals surface area contributed by atoms with E-state index < -0.39 is 32.5 Å². The first-order valence-corrected chi connectivity index (χ1v) is 24.1. The molecule has 0 aliphatic heterocycles. The minimum absolute atomic E-state index is 0.0473. The van der Waals surface area contributed by atoms with Crippen LogP contribution in [0.2, 0.25) is 0 Å². The molecular formula is C46H84NO8P. The van der Waals surface area contributed by atoms with Gasteiger partial charge < -0.3 is 20.1 Å². The summed E-state index contributed by atoms with van der Waals surface area (Å²) in [7, 11) is -4.39. The second-order valence-corrected chi connectivity index (χ2v) is 16.3. The Morgan fingerprint density at radius 1 is 0.554 bits per heavy atom. The largest absolute Gasteiger partial charge is 0.472 e. The van der Waals surface area contributed by atoms with Gasteiger partial charge in [-0.1, -0.05) is 184 Å². The van der Waals surface area contributed by atoms with E-state index in [1.165, 1.54) is 103 Å². The first kappa shape index (κ1) is 54.0. The summed E-state index contributed by atoms with van der Waals surface area (Å²) in [5, 5.41) is 0. The van der Waals surface area contributed by atoms with E-state index in [0.717, 1.165) is 57.8 Å². The molecular weight excluding hydrogens is 725 g/mol. The van der Waals surface area contributed by atoms with Crippen molar-refractivity contribution in [2.75, 3.05) is 26.4 Å². The molecule has 0 heterocycles. The number of esters is 2. The highest BCUT2D eigenvalue weighted by Gasteiger charge is 2.26. The van der Waals surface area contributed by atoms with Gasteiger partial charge in [-0.05, 0) is 51.4 Å². The molecule has 0 rings (SSSR count). The van der Waals surface area contributed by atoms with E-state index in [1.807, 2.05) is 0 Å². The van der Waals surface area contributed by atoms with Gasteiger partial charge in [0.1, 0.15) is 6.61 Å². The Balaban J connectivity index is 4.14. The van der Waals surface area contributed by atoms with Crippen LogP contribution in [0.5, 0.6) is 0 Å². The molecule has 0 saturated carbocycles. The third kappa shape index (κ3) is 41.6. The van der Waals surface area contributed by atoms with E-state index in [4.69, 9.17) is 24.3 Å². The fourth-order valence-electron chi connectivity index (χ4n) is 6.16. The second-order valence-electron chi connectivity index (χ2n) is 14.9. The minimum atomic E-state index is -4.39. The van der Waals surface area contributed by atoms with Gasteiger partial charge in [-0.2, -0.15) is 0 Å². The fraction of sp³-hybridized carbons (Fsp3) is 0.783. The molecule has 0 bridgehead atoms. The SMILES string of the molecule is CC/C=C/C/C=C/C/C=C/C/C=C/CCCCC(=O)OC[C@H](COP(=O)(O)OCCN)OC(=O)CCCCCCCCCCCCCCCCCCCCCC. The van der Waals surface area contributed by atoms with Crippen LogP contribution in [0, 0.1) is 0 Å². The van der Waals surface area contributed by atoms with Gasteiger partial charge in [-0.25, -0.2) is 4.57 Å². The predicted molar refractivity (Wildman–Crippen MR) is 233 cm³/mol. The zero-order valence-electron chi connectivity index (χ0n) is 35.9. The van der Waals surface area contributed by atoms with E-state index in [-0.39, 0.29) is 32.6 Å². The maximum Gasteiger partial charge on any atom is 0.472 e. The van der Waals surface area contributed by atoms with Crippen molar-refractivity contribution in [3.8, 4) is 0 Å². The van der Waals surface area contributed by atoms with Crippen molar-refractivity contribution >= 4 is 19.8 Å². The van der Waals surface area contributed by atoms with Crippen molar-refractivity contribution in [3.05, 3.63) is 48.6 Å². The van der Waals surface area contributed by atoms with Crippen LogP contribution in [-0.4, -0.2) is 49.3 Å². The quantitative estimate of drug-likeness (QED) is 0.0267. The van der Waals surface area contributed by atoms with E-state index in [9.17, 15) is 19.0 Å². The highest BCUT2D eigenvalue weighted by molar-refractivity contribution is 7.47. The Kier molecular flexibility index (Phi) is 41.0. The number of phosphoric ester groups is 1. The predicted octanol–water partition coefficient (Wildman–Crippen LogP) is 13.1. The second kappa shape index (κ2) is 42.6. The summed E-state index contributed by atoms with van der Waals surface area (Å²) in [5.41, 5.74) is 5.35. The van der Waals surface area contributed by atoms with Crippen molar-refractivity contribution in [1.29, 1.82) is 0 Å². The van der Waals surface area contributed by atoms with Crippen LogP contribution in [-0.2, 0) is 32.7 Å². The van der Waals surface area contributed by atoms with E-state index >= 15 is 0 Å². The van der Waals surface area contributed by atoms with Gasteiger partial charge in [0.25, 0.3) is 0 Å². The Labute approximate surface area is 343 Å². The molecule has 0 aromatic carbocycles. The lowest BCUT2D eigenvalue weighted by Crippen LogP contribution is -2.29. The van der Waals surface area contributed by atoms with Crippen molar-refractivity contribution in [2.24, 2.45) is 5.73 Å². The smallest absolute Gasteiger partial charge is 0.462 e. The first-order chi connectivity index (χ1) is 27.3. The molecule has 10 heteroatoms. The summed E-state index contributed by atoms with van der Waals surface area (Å²) >= 11 is 0. The fourth-order valence-corrected chi connectivity index (χ4v) is 6.92. The number of ether oxygens (including phenoxy) is 2. The summed E-state index contributed by atoms with van der Waals surface area (Å²) < 4.78 is 32.8. The zero-order chi connectivity index (χ0) is 41.1. The van der Waals surface area contributed by atoms with Gasteiger partial charge in [-0.3, -0.25) is 18.6 Å². The zero-order valence-corrected chi connectivity index (χ0v) is 36.8. The highest BCUT2D eigenvalue weighted by Crippen LogP contribution is 2.43. The topological polar surface area (TPSA) is 134 Å². The molecule has 0 aliphatic rings. The van der Waals surface area contributed by atoms with Gasteiger partial charge in [0.05, 0.1) is 13.2 Å². The van der Waals surface area contributed by atoms with Crippen LogP contribution in [0.4, 0.5) is 0 Å². The monoisotopic (exact) mass is 810 g/mol. The number of phosphoric acid groups is 1. The van der Waals surface area contributed by atoms with Gasteiger partial charge in [0.15, 0.2) is 6.10 Å². The molecule has 0 fully saturated rings. The summed E-state index contributed by atoms with van der Waals surface area (Å²) in [4.78, 5) is 34.9. The molecule has 0 aromatic heterocycles. The highest BCUT2D eigenvalue weighted by atomic mass is 31.2. The van der Waals surface area contributed by atoms with Crippen molar-refractivity contribution in [2.45, 2.75) is 206 Å². The maximum absolute atomic E-state index is 12.6. The van der Waals surface area contributed by atoms with Gasteiger partial charge in [0, 0.05) is 19.4 Å². The summed E-state index contributed by atoms with van der Waals surface area (Å²) in [6, 6.07) is 0. The summed E-state index contributed by atoms with van der Waals surface area (Å²) in [5.74, 6) is -0.873. The molecule has 0 saturated heterocycles. The molecule has 3 N–H and O–H groups in total. The van der Waals surface area contributed by atoms with E-state index in [0.29, 0.717) is 12.8 Å². The van der Waals surface area contributed by atoms with Crippen LogP contribution < -0.4 is 5.73 Å². The Morgan fingerprint density at radius 2 is 0.982 bits per heavy atom. The summed E-state index contributed by atoms with van der Waals surface area (Å²) in [6.45, 7) is 3.59. The van der Waals surface area contributed by atoms with Gasteiger partial charge in [-0.15, -0.1) is 0 Å². The first-order valence-electron chi connectivity index (χ1n) is 22.6. The number of unbranched alkanes of at least 4 members (excludes halogenated alkanes) is 21. The molecule has 56 heavy (non-hydrogen) atoms. The lowest BCUT2D eigenvalue weighted by Gasteiger charge is -2.19. The Bertz CT molecular complexity index is 1060. The molecule has 0 amide bonds. The average molecular weight is 810 g/mol. The molecule has 0 aliphatic carbocycles. The average Bonchev–Trinajstić information content (AvgIpc) is 3.18. The van der Waals surface area contributed by atoms with Crippen LogP contribution in [0.15, 0.2) is 48.6 Å². The third-order valence-electron chi connectivity index (χ3n) is 9.48. The normalized spacial score (nSPS) is 13.7. The van der Waals surface area contributed by atoms with E-state index in [2.05, 4.69) is 62.5 Å². The molecule has 0 radical (unpaired) electrons. The molecule has 326 valence electrons. The van der Waals surface area contributed by atoms with Crippen LogP contribution in [0.3, 0.4) is 0 Å². The van der Waals surface area contributed by atoms with Gasteiger partial charge >= 0.3 is 19.8 Å². The molecule has 2 atom stereocenters. The van der Waals surface area contributed by atoms with E-state index in [1.54, 1.807) is 0 Å². The molecule has 9 nitrogen and oxygen atoms in total. The number of rotatable bonds is 42. The van der Waals surface area contributed by atoms with Crippen molar-refractivity contribution < 1.29 is 37.6 Å². The molecule has 0 aromatic rings. The molecule has 0 spiro atoms. The maximum atomic E-state index is 12.6.